The van der Waals surface area contributed by atoms with Crippen molar-refractivity contribution in [3.05, 3.63) is 54.3 Å². The third-order valence-corrected chi connectivity index (χ3v) is 5.13. The van der Waals surface area contributed by atoms with Gasteiger partial charge < -0.3 is 24.5 Å². The molecule has 0 spiro atoms. The highest BCUT2D eigenvalue weighted by molar-refractivity contribution is 6.10. The second kappa shape index (κ2) is 7.67. The number of hydrogen-bond donors (Lipinski definition) is 2. The Morgan fingerprint density at radius 3 is 2.42 bits per heavy atom. The van der Waals surface area contributed by atoms with Crippen molar-refractivity contribution in [2.24, 2.45) is 0 Å². The maximum Gasteiger partial charge on any atom is 0.325 e. The Labute approximate surface area is 177 Å². The first kappa shape index (κ1) is 20.3. The van der Waals surface area contributed by atoms with Crippen molar-refractivity contribution < 1.29 is 28.3 Å². The van der Waals surface area contributed by atoms with E-state index in [-0.39, 0.29) is 0 Å². The van der Waals surface area contributed by atoms with Crippen LogP contribution in [0.1, 0.15) is 12.7 Å². The summed E-state index contributed by atoms with van der Waals surface area (Å²) < 4.78 is 16.1. The standard InChI is InChI=1S/C22H21N3O6/c1-22(18-8-13-6-4-5-7-17(13)31-18)20(27)25(21(28)24-22)12-19(26)23-14-9-15(29-2)11-16(10-14)30-3/h4-11H,12H2,1-3H3,(H,23,26)(H,24,28). The number of anilines is 1. The molecule has 9 nitrogen and oxygen atoms in total. The van der Waals surface area contributed by atoms with Crippen molar-refractivity contribution in [2.45, 2.75) is 12.5 Å². The van der Waals surface area contributed by atoms with Crippen LogP contribution in [-0.4, -0.2) is 43.5 Å². The van der Waals surface area contributed by atoms with Gasteiger partial charge in [0.25, 0.3) is 5.91 Å². The number of ether oxygens (including phenoxy) is 2. The van der Waals surface area contributed by atoms with E-state index in [0.717, 1.165) is 10.3 Å². The summed E-state index contributed by atoms with van der Waals surface area (Å²) in [6.45, 7) is 1.09. The summed E-state index contributed by atoms with van der Waals surface area (Å²) in [7, 11) is 2.99. The molecule has 0 saturated carbocycles. The fourth-order valence-electron chi connectivity index (χ4n) is 3.46. The van der Waals surface area contributed by atoms with E-state index in [2.05, 4.69) is 10.6 Å². The van der Waals surface area contributed by atoms with E-state index in [1.807, 2.05) is 18.2 Å². The van der Waals surface area contributed by atoms with Crippen LogP contribution in [0.2, 0.25) is 0 Å². The summed E-state index contributed by atoms with van der Waals surface area (Å²) in [6.07, 6.45) is 0. The zero-order valence-corrected chi connectivity index (χ0v) is 17.2. The van der Waals surface area contributed by atoms with Gasteiger partial charge in [0.1, 0.15) is 29.4 Å². The monoisotopic (exact) mass is 423 g/mol. The lowest BCUT2D eigenvalue weighted by Gasteiger charge is -2.19. The molecule has 1 atom stereocenters. The third-order valence-electron chi connectivity index (χ3n) is 5.13. The second-order valence-corrected chi connectivity index (χ2v) is 7.24. The molecule has 2 heterocycles. The van der Waals surface area contributed by atoms with Crippen LogP contribution < -0.4 is 20.1 Å². The summed E-state index contributed by atoms with van der Waals surface area (Å²) in [5.41, 5.74) is -0.396. The van der Waals surface area contributed by atoms with Gasteiger partial charge in [0, 0.05) is 29.3 Å². The van der Waals surface area contributed by atoms with Gasteiger partial charge in [0.15, 0.2) is 5.54 Å². The lowest BCUT2D eigenvalue weighted by molar-refractivity contribution is -0.134. The van der Waals surface area contributed by atoms with Gasteiger partial charge in [-0.2, -0.15) is 0 Å². The maximum absolute atomic E-state index is 13.1. The van der Waals surface area contributed by atoms with Gasteiger partial charge in [-0.1, -0.05) is 18.2 Å². The average molecular weight is 423 g/mol. The summed E-state index contributed by atoms with van der Waals surface area (Å²) in [6, 6.07) is 13.2. The minimum atomic E-state index is -1.41. The molecule has 1 aromatic heterocycles. The Hall–Kier alpha value is -4.01. The molecule has 9 heteroatoms. The molecule has 2 aromatic carbocycles. The van der Waals surface area contributed by atoms with Gasteiger partial charge in [-0.25, -0.2) is 4.79 Å². The predicted octanol–water partition coefficient (Wildman–Crippen LogP) is 2.86. The Balaban J connectivity index is 1.52. The normalized spacial score (nSPS) is 18.2. The van der Waals surface area contributed by atoms with Crippen LogP contribution >= 0.6 is 0 Å². The molecule has 1 aliphatic heterocycles. The van der Waals surface area contributed by atoms with Crippen molar-refractivity contribution >= 4 is 34.5 Å². The van der Waals surface area contributed by atoms with Gasteiger partial charge in [0.2, 0.25) is 5.91 Å². The highest BCUT2D eigenvalue weighted by atomic mass is 16.5. The smallest absolute Gasteiger partial charge is 0.325 e. The quantitative estimate of drug-likeness (QED) is 0.590. The van der Waals surface area contributed by atoms with Crippen LogP contribution in [0.15, 0.2) is 52.9 Å². The molecular formula is C22H21N3O6. The number of furan rings is 1. The Morgan fingerprint density at radius 2 is 1.77 bits per heavy atom. The fraction of sp³-hybridized carbons (Fsp3) is 0.227. The lowest BCUT2D eigenvalue weighted by atomic mass is 9.99. The molecule has 31 heavy (non-hydrogen) atoms. The van der Waals surface area contributed by atoms with E-state index in [9.17, 15) is 14.4 Å². The molecule has 1 unspecified atom stereocenters. The number of para-hydroxylation sites is 1. The van der Waals surface area contributed by atoms with Gasteiger partial charge in [-0.05, 0) is 19.1 Å². The Morgan fingerprint density at radius 1 is 1.10 bits per heavy atom. The SMILES string of the molecule is COc1cc(NC(=O)CN2C(=O)NC(C)(c3cc4ccccc4o3)C2=O)cc(OC)c1. The minimum Gasteiger partial charge on any atom is -0.497 e. The van der Waals surface area contributed by atoms with Crippen LogP contribution in [0.25, 0.3) is 11.0 Å². The molecule has 160 valence electrons. The second-order valence-electron chi connectivity index (χ2n) is 7.24. The number of rotatable bonds is 6. The zero-order valence-electron chi connectivity index (χ0n) is 17.2. The molecule has 2 N–H and O–H groups in total. The van der Waals surface area contributed by atoms with Gasteiger partial charge >= 0.3 is 6.03 Å². The molecule has 0 bridgehead atoms. The van der Waals surface area contributed by atoms with E-state index < -0.39 is 29.9 Å². The maximum atomic E-state index is 13.1. The number of imide groups is 1. The number of methoxy groups -OCH3 is 2. The molecule has 4 rings (SSSR count). The zero-order chi connectivity index (χ0) is 22.2. The van der Waals surface area contributed by atoms with E-state index in [0.29, 0.717) is 28.5 Å². The summed E-state index contributed by atoms with van der Waals surface area (Å²) in [4.78, 5) is 39.0. The first-order chi connectivity index (χ1) is 14.8. The topological polar surface area (TPSA) is 110 Å². The van der Waals surface area contributed by atoms with Crippen LogP contribution in [0.4, 0.5) is 10.5 Å². The molecular weight excluding hydrogens is 402 g/mol. The van der Waals surface area contributed by atoms with E-state index in [4.69, 9.17) is 13.9 Å². The number of urea groups is 1. The largest absolute Gasteiger partial charge is 0.497 e. The van der Waals surface area contributed by atoms with Gasteiger partial charge in [-0.15, -0.1) is 0 Å². The highest BCUT2D eigenvalue weighted by Crippen LogP contribution is 2.33. The van der Waals surface area contributed by atoms with Crippen LogP contribution in [0.5, 0.6) is 11.5 Å². The molecule has 0 radical (unpaired) electrons. The number of amides is 4. The number of nitrogens with one attached hydrogen (secondary N) is 2. The van der Waals surface area contributed by atoms with Crippen molar-refractivity contribution in [1.82, 2.24) is 10.2 Å². The van der Waals surface area contributed by atoms with Crippen molar-refractivity contribution in [3.8, 4) is 11.5 Å². The number of carbonyl (C=O) groups excluding carboxylic acids is 3. The minimum absolute atomic E-state index is 0.299. The predicted molar refractivity (Wildman–Crippen MR) is 112 cm³/mol. The number of fused-ring (bicyclic) bond motifs is 1. The first-order valence-corrected chi connectivity index (χ1v) is 9.50. The molecule has 1 aliphatic rings. The van der Waals surface area contributed by atoms with Crippen molar-refractivity contribution in [1.29, 1.82) is 0 Å². The lowest BCUT2D eigenvalue weighted by Crippen LogP contribution is -2.41. The molecule has 3 aromatic rings. The molecule has 1 fully saturated rings. The Bertz CT molecular complexity index is 1130. The molecule has 1 saturated heterocycles. The van der Waals surface area contributed by atoms with E-state index in [1.165, 1.54) is 14.2 Å². The van der Waals surface area contributed by atoms with E-state index >= 15 is 0 Å². The van der Waals surface area contributed by atoms with Gasteiger partial charge in [0.05, 0.1) is 14.2 Å². The number of carbonyl (C=O) groups is 3. The Kier molecular flexibility index (Phi) is 5.02. The summed E-state index contributed by atoms with van der Waals surface area (Å²) >= 11 is 0. The molecule has 4 amide bonds. The first-order valence-electron chi connectivity index (χ1n) is 9.50. The average Bonchev–Trinajstić information content (AvgIpc) is 3.29. The van der Waals surface area contributed by atoms with Crippen molar-refractivity contribution in [2.75, 3.05) is 26.1 Å². The number of hydrogen-bond acceptors (Lipinski definition) is 6. The summed E-state index contributed by atoms with van der Waals surface area (Å²) in [5.74, 6) is 0.152. The number of benzene rings is 2. The number of nitrogens with zero attached hydrogens (tertiary/aromatic N) is 1. The fourth-order valence-corrected chi connectivity index (χ4v) is 3.46. The van der Waals surface area contributed by atoms with Crippen LogP contribution in [0.3, 0.4) is 0 Å². The summed E-state index contributed by atoms with van der Waals surface area (Å²) in [5, 5.41) is 6.10. The van der Waals surface area contributed by atoms with Crippen molar-refractivity contribution in [3.63, 3.8) is 0 Å². The van der Waals surface area contributed by atoms with Crippen LogP contribution in [-0.2, 0) is 15.1 Å². The molecule has 0 aliphatic carbocycles. The van der Waals surface area contributed by atoms with E-state index in [1.54, 1.807) is 37.3 Å². The highest BCUT2D eigenvalue weighted by Gasteiger charge is 2.51. The van der Waals surface area contributed by atoms with Gasteiger partial charge in [-0.3, -0.25) is 14.5 Å². The van der Waals surface area contributed by atoms with Crippen LogP contribution in [0, 0.1) is 0 Å². The third kappa shape index (κ3) is 3.65.